The molecule has 2 aliphatic heterocycles. The third-order valence-corrected chi connectivity index (χ3v) is 9.34. The maximum absolute atomic E-state index is 15.2. The molecular formula is C21H19ClF2O6S. The minimum Gasteiger partial charge on any atom is -0.487 e. The molecule has 166 valence electrons. The molecule has 6 nitrogen and oxygen atoms in total. The van der Waals surface area contributed by atoms with Gasteiger partial charge in [-0.25, -0.2) is 17.2 Å². The second kappa shape index (κ2) is 6.86. The summed E-state index contributed by atoms with van der Waals surface area (Å²) in [5.41, 5.74) is -2.65. The first-order valence-electron chi connectivity index (χ1n) is 9.76. The maximum atomic E-state index is 15.2. The van der Waals surface area contributed by atoms with Gasteiger partial charge in [0.2, 0.25) is 0 Å². The second-order valence-corrected chi connectivity index (χ2v) is 10.7. The molecule has 10 heteroatoms. The van der Waals surface area contributed by atoms with Crippen LogP contribution in [0.5, 0.6) is 5.75 Å². The van der Waals surface area contributed by atoms with Gasteiger partial charge in [-0.1, -0.05) is 11.6 Å². The van der Waals surface area contributed by atoms with Gasteiger partial charge in [-0.3, -0.25) is 0 Å². The Morgan fingerprint density at radius 2 is 1.61 bits per heavy atom. The van der Waals surface area contributed by atoms with E-state index in [9.17, 15) is 17.9 Å². The number of fused-ring (bicyclic) bond motifs is 3. The molecule has 0 aromatic heterocycles. The third kappa shape index (κ3) is 2.80. The summed E-state index contributed by atoms with van der Waals surface area (Å²) in [4.78, 5) is -0.170. The average Bonchev–Trinajstić information content (AvgIpc) is 3.17. The van der Waals surface area contributed by atoms with Crippen molar-refractivity contribution in [3.63, 3.8) is 0 Å². The van der Waals surface area contributed by atoms with Crippen molar-refractivity contribution in [1.82, 2.24) is 0 Å². The SMILES string of the molecule is O=S(=O)(c1ccc(Cl)cc1)[C@@]12CCC3(C[C@]1(O)COc1c(F)ccc(F)c12)OCCO3. The Bertz CT molecular complexity index is 1150. The lowest BCUT2D eigenvalue weighted by Crippen LogP contribution is -2.68. The lowest BCUT2D eigenvalue weighted by molar-refractivity contribution is -0.237. The molecule has 1 N–H and O–H groups in total. The normalized spacial score (nSPS) is 29.3. The van der Waals surface area contributed by atoms with E-state index < -0.39 is 55.5 Å². The first kappa shape index (κ1) is 21.1. The summed E-state index contributed by atoms with van der Waals surface area (Å²) in [5, 5.41) is 12.1. The van der Waals surface area contributed by atoms with Crippen molar-refractivity contribution < 1.29 is 36.5 Å². The Balaban J connectivity index is 1.80. The molecule has 2 atom stereocenters. The van der Waals surface area contributed by atoms with Gasteiger partial charge in [0, 0.05) is 17.9 Å². The molecule has 1 spiro atoms. The number of benzene rings is 2. The van der Waals surface area contributed by atoms with Crippen molar-refractivity contribution >= 4 is 21.4 Å². The molecule has 31 heavy (non-hydrogen) atoms. The van der Waals surface area contributed by atoms with Crippen molar-refractivity contribution in [3.05, 3.63) is 58.6 Å². The average molecular weight is 473 g/mol. The third-order valence-electron chi connectivity index (χ3n) is 6.49. The van der Waals surface area contributed by atoms with Gasteiger partial charge in [-0.05, 0) is 42.8 Å². The molecule has 2 aromatic rings. The van der Waals surface area contributed by atoms with E-state index in [1.807, 2.05) is 0 Å². The lowest BCUT2D eigenvalue weighted by atomic mass is 9.67. The molecule has 1 saturated carbocycles. The molecule has 2 heterocycles. The molecule has 0 unspecified atom stereocenters. The topological polar surface area (TPSA) is 82.1 Å². The number of ether oxygens (including phenoxy) is 3. The van der Waals surface area contributed by atoms with Crippen LogP contribution in [0.3, 0.4) is 0 Å². The predicted molar refractivity (Wildman–Crippen MR) is 106 cm³/mol. The summed E-state index contributed by atoms with van der Waals surface area (Å²) < 4.78 is 72.5. The van der Waals surface area contributed by atoms with Gasteiger partial charge < -0.3 is 19.3 Å². The van der Waals surface area contributed by atoms with Crippen molar-refractivity contribution in [1.29, 1.82) is 0 Å². The molecule has 0 bridgehead atoms. The summed E-state index contributed by atoms with van der Waals surface area (Å²) >= 11 is 5.91. The minimum absolute atomic E-state index is 0.0670. The van der Waals surface area contributed by atoms with Crippen molar-refractivity contribution in [2.75, 3.05) is 19.8 Å². The maximum Gasteiger partial charge on any atom is 0.191 e. The second-order valence-electron chi connectivity index (χ2n) is 8.12. The molecule has 2 fully saturated rings. The number of hydrogen-bond donors (Lipinski definition) is 1. The van der Waals surface area contributed by atoms with Gasteiger partial charge in [0.25, 0.3) is 0 Å². The zero-order valence-corrected chi connectivity index (χ0v) is 17.8. The van der Waals surface area contributed by atoms with Crippen molar-refractivity contribution in [3.8, 4) is 5.75 Å². The standard InChI is InChI=1S/C21H19ClF2O6S/c22-13-1-3-14(4-2-13)31(26,27)21-8-7-20(29-9-10-30-20)11-19(21,25)12-28-18-16(24)6-5-15(23)17(18)21/h1-6,25H,7-12H2/t19-,21+/m0/s1. The highest BCUT2D eigenvalue weighted by molar-refractivity contribution is 7.92. The Labute approximate surface area is 182 Å². The molecule has 0 amide bonds. The van der Waals surface area contributed by atoms with Crippen molar-refractivity contribution in [2.24, 2.45) is 0 Å². The van der Waals surface area contributed by atoms with Crippen LogP contribution in [0.1, 0.15) is 24.8 Å². The Hall–Kier alpha value is -1.78. The van der Waals surface area contributed by atoms with Crippen LogP contribution in [0.25, 0.3) is 0 Å². The fourth-order valence-corrected chi connectivity index (χ4v) is 7.60. The zero-order chi connectivity index (χ0) is 22.1. The molecule has 2 aromatic carbocycles. The summed E-state index contributed by atoms with van der Waals surface area (Å²) in [6, 6.07) is 7.06. The van der Waals surface area contributed by atoms with Gasteiger partial charge >= 0.3 is 0 Å². The van der Waals surface area contributed by atoms with Gasteiger partial charge in [0.15, 0.2) is 27.2 Å². The minimum atomic E-state index is -4.46. The van der Waals surface area contributed by atoms with E-state index in [2.05, 4.69) is 0 Å². The van der Waals surface area contributed by atoms with Crippen LogP contribution in [0.15, 0.2) is 41.3 Å². The van der Waals surface area contributed by atoms with E-state index in [4.69, 9.17) is 25.8 Å². The van der Waals surface area contributed by atoms with E-state index in [0.29, 0.717) is 5.02 Å². The number of hydrogen-bond acceptors (Lipinski definition) is 6. The number of sulfone groups is 1. The summed E-state index contributed by atoms with van der Waals surface area (Å²) in [6.45, 7) is 0.00254. The van der Waals surface area contributed by atoms with E-state index in [0.717, 1.165) is 12.1 Å². The summed E-state index contributed by atoms with van der Waals surface area (Å²) in [5.74, 6) is -3.60. The Morgan fingerprint density at radius 3 is 2.29 bits per heavy atom. The quantitative estimate of drug-likeness (QED) is 0.722. The number of halogens is 3. The van der Waals surface area contributed by atoms with E-state index in [1.54, 1.807) is 0 Å². The highest BCUT2D eigenvalue weighted by Gasteiger charge is 2.70. The van der Waals surface area contributed by atoms with Gasteiger partial charge in [0.1, 0.15) is 22.8 Å². The van der Waals surface area contributed by atoms with Crippen LogP contribution < -0.4 is 4.74 Å². The van der Waals surface area contributed by atoms with Crippen LogP contribution in [0, 0.1) is 11.6 Å². The smallest absolute Gasteiger partial charge is 0.191 e. The van der Waals surface area contributed by atoms with E-state index in [-0.39, 0.29) is 37.4 Å². The van der Waals surface area contributed by atoms with E-state index in [1.165, 1.54) is 24.3 Å². The highest BCUT2D eigenvalue weighted by atomic mass is 35.5. The molecule has 5 rings (SSSR count). The molecule has 3 aliphatic rings. The van der Waals surface area contributed by atoms with Gasteiger partial charge in [-0.15, -0.1) is 0 Å². The molecule has 1 saturated heterocycles. The van der Waals surface area contributed by atoms with Crippen LogP contribution in [-0.4, -0.2) is 44.7 Å². The number of rotatable bonds is 2. The largest absolute Gasteiger partial charge is 0.487 e. The highest BCUT2D eigenvalue weighted by Crippen LogP contribution is 2.61. The molecular weight excluding hydrogens is 454 g/mol. The van der Waals surface area contributed by atoms with Crippen LogP contribution in [-0.2, 0) is 24.1 Å². The van der Waals surface area contributed by atoms with Gasteiger partial charge in [0.05, 0.1) is 23.7 Å². The first-order valence-corrected chi connectivity index (χ1v) is 11.6. The lowest BCUT2D eigenvalue weighted by Gasteiger charge is -2.55. The fourth-order valence-electron chi connectivity index (χ4n) is 5.12. The zero-order valence-electron chi connectivity index (χ0n) is 16.2. The van der Waals surface area contributed by atoms with Crippen LogP contribution >= 0.6 is 11.6 Å². The molecule has 1 aliphatic carbocycles. The first-order chi connectivity index (χ1) is 14.6. The van der Waals surface area contributed by atoms with Crippen LogP contribution in [0.4, 0.5) is 8.78 Å². The Kier molecular flexibility index (Phi) is 4.66. The summed E-state index contributed by atoms with van der Waals surface area (Å²) in [7, 11) is -4.46. The van der Waals surface area contributed by atoms with Gasteiger partial charge in [-0.2, -0.15) is 0 Å². The molecule has 0 radical (unpaired) electrons. The summed E-state index contributed by atoms with van der Waals surface area (Å²) in [6.07, 6.45) is -0.467. The van der Waals surface area contributed by atoms with Crippen LogP contribution in [0.2, 0.25) is 5.02 Å². The van der Waals surface area contributed by atoms with E-state index >= 15 is 4.39 Å². The predicted octanol–water partition coefficient (Wildman–Crippen LogP) is 3.34. The number of aliphatic hydroxyl groups is 1. The monoisotopic (exact) mass is 472 g/mol. The Morgan fingerprint density at radius 1 is 0.968 bits per heavy atom. The van der Waals surface area contributed by atoms with Crippen molar-refractivity contribution in [2.45, 2.75) is 40.3 Å². The fraction of sp³-hybridized carbons (Fsp3) is 0.429.